The molecule has 0 radical (unpaired) electrons. The SMILES string of the molecule is Cl.O=C(NCC1(c2ccccc2)CCC1)C1CCCN1. The molecule has 2 fully saturated rings. The first-order chi connectivity index (χ1) is 9.30. The molecule has 1 amide bonds. The van der Waals surface area contributed by atoms with Crippen LogP contribution in [0, 0.1) is 0 Å². The molecule has 110 valence electrons. The first kappa shape index (κ1) is 15.3. The molecule has 4 heteroatoms. The number of amides is 1. The Morgan fingerprint density at radius 2 is 2.00 bits per heavy atom. The van der Waals surface area contributed by atoms with Gasteiger partial charge < -0.3 is 10.6 Å². The summed E-state index contributed by atoms with van der Waals surface area (Å²) in [6.45, 7) is 1.76. The van der Waals surface area contributed by atoms with E-state index < -0.39 is 0 Å². The van der Waals surface area contributed by atoms with Crippen molar-refractivity contribution in [3.63, 3.8) is 0 Å². The predicted octanol–water partition coefficient (Wildman–Crippen LogP) is 2.40. The molecule has 0 aromatic heterocycles. The van der Waals surface area contributed by atoms with E-state index in [1.165, 1.54) is 24.8 Å². The van der Waals surface area contributed by atoms with Crippen molar-refractivity contribution in [2.24, 2.45) is 0 Å². The van der Waals surface area contributed by atoms with E-state index in [-0.39, 0.29) is 29.8 Å². The molecule has 0 spiro atoms. The number of halogens is 1. The summed E-state index contributed by atoms with van der Waals surface area (Å²) in [4.78, 5) is 12.1. The summed E-state index contributed by atoms with van der Waals surface area (Å²) in [6, 6.07) is 10.7. The van der Waals surface area contributed by atoms with E-state index in [0.29, 0.717) is 0 Å². The fourth-order valence-corrected chi connectivity index (χ4v) is 3.25. The molecule has 1 saturated carbocycles. The molecule has 1 atom stereocenters. The number of carbonyl (C=O) groups is 1. The van der Waals surface area contributed by atoms with Crippen LogP contribution in [0.4, 0.5) is 0 Å². The molecule has 1 aromatic carbocycles. The molecule has 2 aliphatic rings. The number of carbonyl (C=O) groups excluding carboxylic acids is 1. The van der Waals surface area contributed by atoms with E-state index in [1.807, 2.05) is 0 Å². The fourth-order valence-electron chi connectivity index (χ4n) is 3.25. The third-order valence-electron chi connectivity index (χ3n) is 4.67. The summed E-state index contributed by atoms with van der Waals surface area (Å²) >= 11 is 0. The fraction of sp³-hybridized carbons (Fsp3) is 0.562. The number of benzene rings is 1. The van der Waals surface area contributed by atoms with E-state index in [9.17, 15) is 4.79 Å². The van der Waals surface area contributed by atoms with Gasteiger partial charge in [-0.15, -0.1) is 12.4 Å². The Kier molecular flexibility index (Phi) is 5.06. The highest BCUT2D eigenvalue weighted by Crippen LogP contribution is 2.43. The van der Waals surface area contributed by atoms with Crippen LogP contribution in [0.1, 0.15) is 37.7 Å². The summed E-state index contributed by atoms with van der Waals surface area (Å²) in [7, 11) is 0. The van der Waals surface area contributed by atoms with Crippen molar-refractivity contribution in [3.8, 4) is 0 Å². The lowest BCUT2D eigenvalue weighted by molar-refractivity contribution is -0.123. The van der Waals surface area contributed by atoms with Gasteiger partial charge in [0.25, 0.3) is 0 Å². The number of rotatable bonds is 4. The summed E-state index contributed by atoms with van der Waals surface area (Å²) in [6.07, 6.45) is 5.74. The van der Waals surface area contributed by atoms with Gasteiger partial charge in [-0.1, -0.05) is 36.8 Å². The normalized spacial score (nSPS) is 23.5. The van der Waals surface area contributed by atoms with Gasteiger partial charge in [0.2, 0.25) is 5.91 Å². The largest absolute Gasteiger partial charge is 0.354 e. The van der Waals surface area contributed by atoms with Crippen molar-refractivity contribution in [1.29, 1.82) is 0 Å². The summed E-state index contributed by atoms with van der Waals surface area (Å²) in [5, 5.41) is 6.42. The van der Waals surface area contributed by atoms with Crippen LogP contribution in [-0.2, 0) is 10.2 Å². The first-order valence-corrected chi connectivity index (χ1v) is 7.37. The van der Waals surface area contributed by atoms with Gasteiger partial charge in [0, 0.05) is 12.0 Å². The van der Waals surface area contributed by atoms with Crippen LogP contribution < -0.4 is 10.6 Å². The van der Waals surface area contributed by atoms with Crippen LogP contribution in [-0.4, -0.2) is 25.0 Å². The number of hydrogen-bond donors (Lipinski definition) is 2. The van der Waals surface area contributed by atoms with Gasteiger partial charge >= 0.3 is 0 Å². The van der Waals surface area contributed by atoms with Crippen molar-refractivity contribution < 1.29 is 4.79 Å². The predicted molar refractivity (Wildman–Crippen MR) is 83.3 cm³/mol. The maximum Gasteiger partial charge on any atom is 0.237 e. The minimum absolute atomic E-state index is 0. The summed E-state index contributed by atoms with van der Waals surface area (Å²) < 4.78 is 0. The highest BCUT2D eigenvalue weighted by atomic mass is 35.5. The third kappa shape index (κ3) is 2.99. The van der Waals surface area contributed by atoms with Crippen molar-refractivity contribution in [1.82, 2.24) is 10.6 Å². The molecule has 1 aliphatic carbocycles. The van der Waals surface area contributed by atoms with Gasteiger partial charge in [-0.05, 0) is 37.8 Å². The molecule has 3 rings (SSSR count). The monoisotopic (exact) mass is 294 g/mol. The Bertz CT molecular complexity index is 439. The molecule has 1 saturated heterocycles. The Morgan fingerprint density at radius 1 is 1.25 bits per heavy atom. The summed E-state index contributed by atoms with van der Waals surface area (Å²) in [5.41, 5.74) is 1.57. The Morgan fingerprint density at radius 3 is 2.55 bits per heavy atom. The molecule has 1 heterocycles. The van der Waals surface area contributed by atoms with Crippen LogP contribution in [0.15, 0.2) is 30.3 Å². The smallest absolute Gasteiger partial charge is 0.237 e. The van der Waals surface area contributed by atoms with Crippen molar-refractivity contribution in [3.05, 3.63) is 35.9 Å². The maximum absolute atomic E-state index is 12.1. The van der Waals surface area contributed by atoms with Crippen molar-refractivity contribution in [2.45, 2.75) is 43.6 Å². The Hall–Kier alpha value is -1.06. The molecular weight excluding hydrogens is 272 g/mol. The van der Waals surface area contributed by atoms with Gasteiger partial charge in [-0.3, -0.25) is 4.79 Å². The minimum atomic E-state index is 0. The van der Waals surface area contributed by atoms with E-state index in [4.69, 9.17) is 0 Å². The van der Waals surface area contributed by atoms with Gasteiger partial charge in [0.15, 0.2) is 0 Å². The lowest BCUT2D eigenvalue weighted by Crippen LogP contribution is -2.49. The van der Waals surface area contributed by atoms with Crippen molar-refractivity contribution >= 4 is 18.3 Å². The van der Waals surface area contributed by atoms with Gasteiger partial charge in [0.05, 0.1) is 6.04 Å². The Balaban J connectivity index is 0.00000147. The second-order valence-electron chi connectivity index (χ2n) is 5.87. The molecule has 2 N–H and O–H groups in total. The molecule has 1 aliphatic heterocycles. The number of nitrogens with one attached hydrogen (secondary N) is 2. The average Bonchev–Trinajstić information content (AvgIpc) is 2.92. The topological polar surface area (TPSA) is 41.1 Å². The summed E-state index contributed by atoms with van der Waals surface area (Å²) in [5.74, 6) is 0.180. The lowest BCUT2D eigenvalue weighted by atomic mass is 9.64. The maximum atomic E-state index is 12.1. The zero-order valence-electron chi connectivity index (χ0n) is 11.7. The van der Waals surface area contributed by atoms with E-state index in [0.717, 1.165) is 25.9 Å². The lowest BCUT2D eigenvalue weighted by Gasteiger charge is -2.42. The average molecular weight is 295 g/mol. The van der Waals surface area contributed by atoms with Crippen LogP contribution in [0.5, 0.6) is 0 Å². The van der Waals surface area contributed by atoms with E-state index >= 15 is 0 Å². The zero-order chi connectivity index (χ0) is 13.1. The second kappa shape index (κ2) is 6.59. The molecule has 1 aromatic rings. The molecule has 3 nitrogen and oxygen atoms in total. The highest BCUT2D eigenvalue weighted by Gasteiger charge is 2.39. The van der Waals surface area contributed by atoms with Crippen molar-refractivity contribution in [2.75, 3.05) is 13.1 Å². The molecule has 1 unspecified atom stereocenters. The third-order valence-corrected chi connectivity index (χ3v) is 4.67. The van der Waals surface area contributed by atoms with Crippen LogP contribution in [0.3, 0.4) is 0 Å². The van der Waals surface area contributed by atoms with Crippen LogP contribution in [0.2, 0.25) is 0 Å². The standard InChI is InChI=1S/C16H22N2O.ClH/c19-15(14-8-4-11-17-14)18-12-16(9-5-10-16)13-6-2-1-3-7-13;/h1-3,6-7,14,17H,4-5,8-12H2,(H,18,19);1H. The van der Waals surface area contributed by atoms with Gasteiger partial charge in [-0.25, -0.2) is 0 Å². The first-order valence-electron chi connectivity index (χ1n) is 7.37. The minimum Gasteiger partial charge on any atom is -0.354 e. The van der Waals surface area contributed by atoms with Gasteiger partial charge in [0.1, 0.15) is 0 Å². The van der Waals surface area contributed by atoms with E-state index in [1.54, 1.807) is 0 Å². The van der Waals surface area contributed by atoms with Crippen LogP contribution in [0.25, 0.3) is 0 Å². The van der Waals surface area contributed by atoms with Crippen LogP contribution >= 0.6 is 12.4 Å². The Labute approximate surface area is 126 Å². The second-order valence-corrected chi connectivity index (χ2v) is 5.87. The molecule has 0 bridgehead atoms. The van der Waals surface area contributed by atoms with E-state index in [2.05, 4.69) is 41.0 Å². The number of hydrogen-bond acceptors (Lipinski definition) is 2. The quantitative estimate of drug-likeness (QED) is 0.895. The molecular formula is C16H23ClN2O. The van der Waals surface area contributed by atoms with Gasteiger partial charge in [-0.2, -0.15) is 0 Å². The highest BCUT2D eigenvalue weighted by molar-refractivity contribution is 5.85. The molecule has 20 heavy (non-hydrogen) atoms. The zero-order valence-corrected chi connectivity index (χ0v) is 12.5.